The highest BCUT2D eigenvalue weighted by Gasteiger charge is 2.62. The van der Waals surface area contributed by atoms with Crippen LogP contribution >= 0.6 is 0 Å². The maximum atomic E-state index is 13.0. The highest BCUT2D eigenvalue weighted by molar-refractivity contribution is 5.85. The molecule has 2 rings (SSSR count). The fourth-order valence-electron chi connectivity index (χ4n) is 4.61. The molecule has 0 aromatic heterocycles. The third kappa shape index (κ3) is 3.93. The second-order valence-electron chi connectivity index (χ2n) is 8.02. The van der Waals surface area contributed by atoms with Crippen molar-refractivity contribution in [1.29, 1.82) is 0 Å². The Morgan fingerprint density at radius 3 is 2.12 bits per heavy atom. The van der Waals surface area contributed by atoms with Gasteiger partial charge in [0, 0.05) is 0 Å². The van der Waals surface area contributed by atoms with E-state index in [0.29, 0.717) is 6.61 Å². The second-order valence-corrected chi connectivity index (χ2v) is 8.02. The molecular formula is C21H34O4. The van der Waals surface area contributed by atoms with E-state index in [0.717, 1.165) is 32.1 Å². The molecule has 2 aliphatic rings. The minimum absolute atomic E-state index is 0.0480. The Labute approximate surface area is 152 Å². The van der Waals surface area contributed by atoms with Gasteiger partial charge in [0.2, 0.25) is 0 Å². The van der Waals surface area contributed by atoms with Crippen molar-refractivity contribution in [2.75, 3.05) is 6.61 Å². The molecule has 4 nitrogen and oxygen atoms in total. The molecule has 5 atom stereocenters. The maximum absolute atomic E-state index is 13.0. The third-order valence-electron chi connectivity index (χ3n) is 6.10. The molecule has 0 aromatic rings. The Bertz CT molecular complexity index is 508. The quantitative estimate of drug-likeness (QED) is 0.348. The van der Waals surface area contributed by atoms with Gasteiger partial charge in [0.25, 0.3) is 0 Å². The van der Waals surface area contributed by atoms with E-state index in [1.807, 2.05) is 0 Å². The lowest BCUT2D eigenvalue weighted by Crippen LogP contribution is -2.36. The third-order valence-corrected chi connectivity index (χ3v) is 6.10. The van der Waals surface area contributed by atoms with Crippen LogP contribution in [0, 0.1) is 29.1 Å². The van der Waals surface area contributed by atoms with Crippen LogP contribution in [0.25, 0.3) is 0 Å². The van der Waals surface area contributed by atoms with Crippen molar-refractivity contribution in [2.45, 2.75) is 72.8 Å². The lowest BCUT2D eigenvalue weighted by Gasteiger charge is -2.27. The lowest BCUT2D eigenvalue weighted by atomic mass is 9.79. The number of rotatable bonds is 9. The Kier molecular flexibility index (Phi) is 6.70. The van der Waals surface area contributed by atoms with Crippen molar-refractivity contribution >= 4 is 11.9 Å². The van der Waals surface area contributed by atoms with Crippen LogP contribution in [-0.4, -0.2) is 24.6 Å². The molecule has 2 aliphatic carbocycles. The number of unbranched alkanes of at least 4 members (excludes halogenated alkanes) is 2. The van der Waals surface area contributed by atoms with Crippen molar-refractivity contribution < 1.29 is 19.1 Å². The van der Waals surface area contributed by atoms with Gasteiger partial charge in [-0.15, -0.1) is 0 Å². The molecule has 0 aromatic carbocycles. The Balaban J connectivity index is 2.12. The van der Waals surface area contributed by atoms with Crippen LogP contribution in [0.3, 0.4) is 0 Å². The average Bonchev–Trinajstić information content (AvgIpc) is 2.99. The van der Waals surface area contributed by atoms with Crippen molar-refractivity contribution in [3.63, 3.8) is 0 Å². The number of carbonyl (C=O) groups is 2. The normalized spacial score (nSPS) is 30.3. The van der Waals surface area contributed by atoms with E-state index >= 15 is 0 Å². The summed E-state index contributed by atoms with van der Waals surface area (Å²) in [6, 6.07) is 0. The van der Waals surface area contributed by atoms with E-state index in [2.05, 4.69) is 39.8 Å². The molecule has 0 heterocycles. The number of hydrogen-bond donors (Lipinski definition) is 0. The summed E-state index contributed by atoms with van der Waals surface area (Å²) in [6.07, 6.45) is 9.25. The largest absolute Gasteiger partial charge is 0.466 e. The Morgan fingerprint density at radius 2 is 1.60 bits per heavy atom. The summed E-state index contributed by atoms with van der Waals surface area (Å²) >= 11 is 0. The molecule has 0 saturated heterocycles. The molecule has 0 amide bonds. The number of ether oxygens (including phenoxy) is 2. The van der Waals surface area contributed by atoms with Crippen LogP contribution in [0.4, 0.5) is 0 Å². The monoisotopic (exact) mass is 350 g/mol. The first-order valence-electron chi connectivity index (χ1n) is 9.93. The summed E-state index contributed by atoms with van der Waals surface area (Å²) in [5.41, 5.74) is -0.106. The molecule has 142 valence electrons. The number of hydrogen-bond acceptors (Lipinski definition) is 4. The van der Waals surface area contributed by atoms with Crippen LogP contribution in [-0.2, 0) is 19.1 Å². The highest BCUT2D eigenvalue weighted by atomic mass is 16.5. The summed E-state index contributed by atoms with van der Waals surface area (Å²) in [7, 11) is 0. The molecule has 4 heteroatoms. The van der Waals surface area contributed by atoms with Gasteiger partial charge in [-0.25, -0.2) is 0 Å². The molecule has 0 radical (unpaired) electrons. The minimum Gasteiger partial charge on any atom is -0.466 e. The van der Waals surface area contributed by atoms with Crippen LogP contribution < -0.4 is 0 Å². The van der Waals surface area contributed by atoms with Gasteiger partial charge in [0.15, 0.2) is 0 Å². The molecule has 0 N–H and O–H groups in total. The van der Waals surface area contributed by atoms with Crippen LogP contribution in [0.5, 0.6) is 0 Å². The first kappa shape index (κ1) is 20.0. The van der Waals surface area contributed by atoms with Gasteiger partial charge in [-0.1, -0.05) is 52.7 Å². The molecule has 0 aliphatic heterocycles. The number of allylic oxidation sites excluding steroid dienone is 2. The summed E-state index contributed by atoms with van der Waals surface area (Å²) in [5.74, 6) is -1.20. The Hall–Kier alpha value is -1.32. The summed E-state index contributed by atoms with van der Waals surface area (Å²) in [4.78, 5) is 25.5. The first-order valence-corrected chi connectivity index (χ1v) is 9.93. The van der Waals surface area contributed by atoms with Crippen LogP contribution in [0.2, 0.25) is 0 Å². The van der Waals surface area contributed by atoms with Gasteiger partial charge < -0.3 is 9.47 Å². The first-order chi connectivity index (χ1) is 11.9. The van der Waals surface area contributed by atoms with E-state index < -0.39 is 11.8 Å². The van der Waals surface area contributed by atoms with E-state index in [1.54, 1.807) is 6.92 Å². The molecule has 2 bridgehead atoms. The predicted octanol–water partition coefficient (Wildman–Crippen LogP) is 4.53. The van der Waals surface area contributed by atoms with Gasteiger partial charge >= 0.3 is 11.9 Å². The summed E-state index contributed by atoms with van der Waals surface area (Å²) < 4.78 is 11.1. The second kappa shape index (κ2) is 8.37. The van der Waals surface area contributed by atoms with E-state index in [1.165, 1.54) is 0 Å². The molecule has 1 saturated carbocycles. The summed E-state index contributed by atoms with van der Waals surface area (Å²) in [5, 5.41) is 0. The molecule has 5 unspecified atom stereocenters. The number of carbonyl (C=O) groups excluding carboxylic acids is 2. The highest BCUT2D eigenvalue weighted by Crippen LogP contribution is 2.60. The zero-order valence-corrected chi connectivity index (χ0v) is 16.4. The number of fused-ring (bicyclic) bond motifs is 2. The SMILES string of the molecule is CCCCCC(CC)OC(=O)C1C(C(=O)OCC)C2C=CC1C2(C)C. The van der Waals surface area contributed by atoms with Crippen molar-refractivity contribution in [2.24, 2.45) is 29.1 Å². The zero-order chi connectivity index (χ0) is 18.6. The smallest absolute Gasteiger partial charge is 0.310 e. The van der Waals surface area contributed by atoms with Gasteiger partial charge in [0.05, 0.1) is 18.4 Å². The van der Waals surface area contributed by atoms with Crippen molar-refractivity contribution in [3.8, 4) is 0 Å². The fourth-order valence-corrected chi connectivity index (χ4v) is 4.61. The average molecular weight is 350 g/mol. The van der Waals surface area contributed by atoms with Crippen molar-refractivity contribution in [3.05, 3.63) is 12.2 Å². The molecular weight excluding hydrogens is 316 g/mol. The minimum atomic E-state index is -0.413. The number of esters is 2. The zero-order valence-electron chi connectivity index (χ0n) is 16.4. The maximum Gasteiger partial charge on any atom is 0.310 e. The van der Waals surface area contributed by atoms with Crippen molar-refractivity contribution in [1.82, 2.24) is 0 Å². The van der Waals surface area contributed by atoms with Gasteiger partial charge in [0.1, 0.15) is 6.10 Å². The molecule has 25 heavy (non-hydrogen) atoms. The Morgan fingerprint density at radius 1 is 1.00 bits per heavy atom. The predicted molar refractivity (Wildman–Crippen MR) is 97.8 cm³/mol. The van der Waals surface area contributed by atoms with E-state index in [4.69, 9.17) is 9.47 Å². The lowest BCUT2D eigenvalue weighted by molar-refractivity contribution is -0.165. The van der Waals surface area contributed by atoms with Gasteiger partial charge in [-0.3, -0.25) is 9.59 Å². The molecule has 1 fully saturated rings. The van der Waals surface area contributed by atoms with E-state index in [-0.39, 0.29) is 35.3 Å². The standard InChI is InChI=1S/C21H34O4/c1-6-9-10-11-14(7-2)25-20(23)18-16-13-12-15(21(16,4)5)17(18)19(22)24-8-3/h12-18H,6-11H2,1-5H3. The fraction of sp³-hybridized carbons (Fsp3) is 0.810. The van der Waals surface area contributed by atoms with Gasteiger partial charge in [-0.05, 0) is 43.4 Å². The van der Waals surface area contributed by atoms with E-state index in [9.17, 15) is 9.59 Å². The topological polar surface area (TPSA) is 52.6 Å². The van der Waals surface area contributed by atoms with Crippen LogP contribution in [0.1, 0.15) is 66.7 Å². The van der Waals surface area contributed by atoms with Gasteiger partial charge in [-0.2, -0.15) is 0 Å². The summed E-state index contributed by atoms with van der Waals surface area (Å²) in [6.45, 7) is 10.6. The van der Waals surface area contributed by atoms with Crippen LogP contribution in [0.15, 0.2) is 12.2 Å². The molecule has 0 spiro atoms.